The number of fused-ring (bicyclic) bond motifs is 1. The van der Waals surface area contributed by atoms with Crippen molar-refractivity contribution in [2.45, 2.75) is 30.3 Å². The summed E-state index contributed by atoms with van der Waals surface area (Å²) in [5, 5.41) is 11.5. The first-order valence-corrected chi connectivity index (χ1v) is 12.5. The Kier molecular flexibility index (Phi) is 5.65. The molecule has 1 saturated carbocycles. The van der Waals surface area contributed by atoms with Gasteiger partial charge in [-0.05, 0) is 61.7 Å². The number of hydrogen-bond acceptors (Lipinski definition) is 8. The number of nitrogens with zero attached hydrogens (tertiary/aromatic N) is 1. The van der Waals surface area contributed by atoms with Crippen LogP contribution in [0.15, 0.2) is 65.6 Å². The quantitative estimate of drug-likeness (QED) is 0.364. The van der Waals surface area contributed by atoms with Gasteiger partial charge in [-0.3, -0.25) is 14.9 Å². The van der Waals surface area contributed by atoms with Crippen LogP contribution in [0.2, 0.25) is 0 Å². The van der Waals surface area contributed by atoms with Gasteiger partial charge in [0.1, 0.15) is 40.4 Å². The number of nitrogens with one attached hydrogen (secondary N) is 1. The first-order chi connectivity index (χ1) is 17.2. The third-order valence-corrected chi connectivity index (χ3v) is 7.17. The third-order valence-electron chi connectivity index (χ3n) is 5.87. The SMILES string of the molecule is Cc1cc(OCC2(Oc3cccc4c3C(=O)NC4=O)CC2)cc(OS(=O)(=O)c2ccccc2C#N)c1. The molecule has 36 heavy (non-hydrogen) atoms. The fraction of sp³-hybridized carbons (Fsp3) is 0.192. The highest BCUT2D eigenvalue weighted by atomic mass is 32.2. The maximum absolute atomic E-state index is 12.8. The van der Waals surface area contributed by atoms with Crippen molar-refractivity contribution in [3.63, 3.8) is 0 Å². The second-order valence-electron chi connectivity index (χ2n) is 8.66. The van der Waals surface area contributed by atoms with Gasteiger partial charge in [-0.1, -0.05) is 18.2 Å². The van der Waals surface area contributed by atoms with Crippen LogP contribution in [0.1, 0.15) is 44.7 Å². The molecular formula is C26H20N2O7S. The van der Waals surface area contributed by atoms with Gasteiger partial charge in [0.2, 0.25) is 0 Å². The molecular weight excluding hydrogens is 484 g/mol. The number of carbonyl (C=O) groups is 2. The number of ether oxygens (including phenoxy) is 2. The van der Waals surface area contributed by atoms with Gasteiger partial charge < -0.3 is 13.7 Å². The zero-order valence-corrected chi connectivity index (χ0v) is 19.9. The van der Waals surface area contributed by atoms with E-state index in [1.54, 1.807) is 43.3 Å². The van der Waals surface area contributed by atoms with Crippen LogP contribution < -0.4 is 19.0 Å². The van der Waals surface area contributed by atoms with E-state index in [2.05, 4.69) is 5.32 Å². The van der Waals surface area contributed by atoms with Crippen LogP contribution in [0.5, 0.6) is 17.2 Å². The van der Waals surface area contributed by atoms with Gasteiger partial charge in [-0.2, -0.15) is 13.7 Å². The minimum absolute atomic E-state index is 0.0165. The summed E-state index contributed by atoms with van der Waals surface area (Å²) in [7, 11) is -4.25. The number of imide groups is 1. The standard InChI is InChI=1S/C26H20N2O7S/c1-16-11-18(13-19(12-16)35-36(31,32)22-8-3-2-5-17(22)14-27)33-15-26(9-10-26)34-21-7-4-6-20-23(21)25(30)28-24(20)29/h2-8,11-13H,9-10,15H2,1H3,(H,28,29,30). The minimum Gasteiger partial charge on any atom is -0.489 e. The summed E-state index contributed by atoms with van der Waals surface area (Å²) in [5.41, 5.74) is 0.492. The zero-order valence-electron chi connectivity index (χ0n) is 19.1. The average molecular weight is 505 g/mol. The highest BCUT2D eigenvalue weighted by Crippen LogP contribution is 2.43. The van der Waals surface area contributed by atoms with E-state index < -0.39 is 27.5 Å². The Labute approximate surface area is 207 Å². The minimum atomic E-state index is -4.25. The predicted molar refractivity (Wildman–Crippen MR) is 126 cm³/mol. The highest BCUT2D eigenvalue weighted by molar-refractivity contribution is 7.87. The largest absolute Gasteiger partial charge is 0.489 e. The Morgan fingerprint density at radius 3 is 2.50 bits per heavy atom. The van der Waals surface area contributed by atoms with Crippen LogP contribution in [0, 0.1) is 18.3 Å². The molecule has 1 fully saturated rings. The predicted octanol–water partition coefficient (Wildman–Crippen LogP) is 3.51. The molecule has 0 aromatic heterocycles. The van der Waals surface area contributed by atoms with Gasteiger partial charge in [0.05, 0.1) is 16.7 Å². The first kappa shape index (κ1) is 23.4. The van der Waals surface area contributed by atoms with E-state index in [0.29, 0.717) is 29.9 Å². The number of nitriles is 1. The van der Waals surface area contributed by atoms with Crippen LogP contribution in [0.3, 0.4) is 0 Å². The molecule has 5 rings (SSSR count). The van der Waals surface area contributed by atoms with E-state index in [1.807, 2.05) is 6.07 Å². The van der Waals surface area contributed by atoms with Crippen molar-refractivity contribution in [2.75, 3.05) is 6.61 Å². The van der Waals surface area contributed by atoms with Gasteiger partial charge in [-0.15, -0.1) is 0 Å². The molecule has 0 radical (unpaired) electrons. The zero-order chi connectivity index (χ0) is 25.5. The average Bonchev–Trinajstić information content (AvgIpc) is 3.54. The number of amides is 2. The van der Waals surface area contributed by atoms with Crippen molar-refractivity contribution in [1.29, 1.82) is 5.26 Å². The Hall–Kier alpha value is -4.36. The van der Waals surface area contributed by atoms with Crippen molar-refractivity contribution < 1.29 is 31.7 Å². The summed E-state index contributed by atoms with van der Waals surface area (Å²) >= 11 is 0. The molecule has 1 aliphatic carbocycles. The molecule has 3 aromatic carbocycles. The summed E-state index contributed by atoms with van der Waals surface area (Å²) < 4.78 is 42.9. The van der Waals surface area contributed by atoms with Gasteiger partial charge >= 0.3 is 10.1 Å². The first-order valence-electron chi connectivity index (χ1n) is 11.1. The van der Waals surface area contributed by atoms with Crippen LogP contribution in [0.4, 0.5) is 0 Å². The van der Waals surface area contributed by atoms with E-state index in [0.717, 1.165) is 0 Å². The van der Waals surface area contributed by atoms with E-state index in [-0.39, 0.29) is 33.9 Å². The Morgan fingerprint density at radius 2 is 1.75 bits per heavy atom. The topological polar surface area (TPSA) is 132 Å². The smallest absolute Gasteiger partial charge is 0.340 e. The summed E-state index contributed by atoms with van der Waals surface area (Å²) in [6.07, 6.45) is 1.36. The molecule has 2 aliphatic rings. The Morgan fingerprint density at radius 1 is 1.00 bits per heavy atom. The number of hydrogen-bond donors (Lipinski definition) is 1. The fourth-order valence-electron chi connectivity index (χ4n) is 3.93. The van der Waals surface area contributed by atoms with Gasteiger partial charge in [0.25, 0.3) is 11.8 Å². The molecule has 0 unspecified atom stereocenters. The number of carbonyl (C=O) groups excluding carboxylic acids is 2. The number of benzene rings is 3. The van der Waals surface area contributed by atoms with Crippen molar-refractivity contribution >= 4 is 21.9 Å². The molecule has 1 heterocycles. The maximum Gasteiger partial charge on any atom is 0.340 e. The lowest BCUT2D eigenvalue weighted by Gasteiger charge is -2.20. The molecule has 1 aliphatic heterocycles. The number of rotatable bonds is 8. The molecule has 0 saturated heterocycles. The normalized spacial score (nSPS) is 15.4. The molecule has 2 amide bonds. The summed E-state index contributed by atoms with van der Waals surface area (Å²) in [4.78, 5) is 23.9. The van der Waals surface area contributed by atoms with Crippen LogP contribution in [-0.2, 0) is 10.1 Å². The number of aryl methyl sites for hydroxylation is 1. The van der Waals surface area contributed by atoms with Crippen LogP contribution in [0.25, 0.3) is 0 Å². The molecule has 0 spiro atoms. The summed E-state index contributed by atoms with van der Waals surface area (Å²) in [6, 6.07) is 17.2. The molecule has 182 valence electrons. The monoisotopic (exact) mass is 504 g/mol. The molecule has 9 nitrogen and oxygen atoms in total. The summed E-state index contributed by atoms with van der Waals surface area (Å²) in [5.74, 6) is -0.231. The third kappa shape index (κ3) is 4.48. The lowest BCUT2D eigenvalue weighted by Crippen LogP contribution is -2.28. The second kappa shape index (κ2) is 8.70. The van der Waals surface area contributed by atoms with Gasteiger partial charge in [0.15, 0.2) is 0 Å². The van der Waals surface area contributed by atoms with Crippen molar-refractivity contribution in [3.05, 3.63) is 82.9 Å². The molecule has 0 bridgehead atoms. The van der Waals surface area contributed by atoms with E-state index in [1.165, 1.54) is 24.3 Å². The molecule has 3 aromatic rings. The van der Waals surface area contributed by atoms with Gasteiger partial charge in [-0.25, -0.2) is 0 Å². The van der Waals surface area contributed by atoms with E-state index in [4.69, 9.17) is 13.7 Å². The van der Waals surface area contributed by atoms with Crippen LogP contribution in [-0.4, -0.2) is 32.4 Å². The highest BCUT2D eigenvalue weighted by Gasteiger charge is 2.48. The molecule has 1 N–H and O–H groups in total. The van der Waals surface area contributed by atoms with E-state index >= 15 is 0 Å². The second-order valence-corrected chi connectivity index (χ2v) is 10.2. The lowest BCUT2D eigenvalue weighted by molar-refractivity contribution is 0.0871. The van der Waals surface area contributed by atoms with Crippen LogP contribution >= 0.6 is 0 Å². The van der Waals surface area contributed by atoms with Gasteiger partial charge in [0, 0.05) is 6.07 Å². The lowest BCUT2D eigenvalue weighted by atomic mass is 10.1. The maximum atomic E-state index is 12.8. The molecule has 0 atom stereocenters. The molecule has 10 heteroatoms. The van der Waals surface area contributed by atoms with Crippen molar-refractivity contribution in [2.24, 2.45) is 0 Å². The Bertz CT molecular complexity index is 1550. The van der Waals surface area contributed by atoms with Crippen molar-refractivity contribution in [1.82, 2.24) is 5.32 Å². The Balaban J connectivity index is 1.32. The fourth-order valence-corrected chi connectivity index (χ4v) is 5.00. The van der Waals surface area contributed by atoms with Crippen molar-refractivity contribution in [3.8, 4) is 23.3 Å². The van der Waals surface area contributed by atoms with E-state index in [9.17, 15) is 23.3 Å². The summed E-state index contributed by atoms with van der Waals surface area (Å²) in [6.45, 7) is 1.90.